The summed E-state index contributed by atoms with van der Waals surface area (Å²) in [5.74, 6) is 0.504. The minimum Gasteiger partial charge on any atom is -0.411 e. The molecule has 0 spiro atoms. The second-order valence-electron chi connectivity index (χ2n) is 6.80. The van der Waals surface area contributed by atoms with E-state index in [2.05, 4.69) is 33.4 Å². The third kappa shape index (κ3) is 4.46. The molecule has 0 radical (unpaired) electrons. The summed E-state index contributed by atoms with van der Waals surface area (Å²) < 4.78 is 5.75. The zero-order chi connectivity index (χ0) is 20.9. The van der Waals surface area contributed by atoms with Crippen molar-refractivity contribution < 1.29 is 9.21 Å². The van der Waals surface area contributed by atoms with E-state index in [1.165, 1.54) is 11.8 Å². The van der Waals surface area contributed by atoms with Crippen LogP contribution in [-0.4, -0.2) is 35.4 Å². The molecule has 0 aliphatic carbocycles. The molecule has 152 valence electrons. The van der Waals surface area contributed by atoms with Gasteiger partial charge in [0.1, 0.15) is 0 Å². The van der Waals surface area contributed by atoms with Crippen LogP contribution in [0.4, 0.5) is 11.4 Å². The first-order valence-corrected chi connectivity index (χ1v) is 10.7. The Bertz CT molecular complexity index is 1170. The number of amides is 1. The highest BCUT2D eigenvalue weighted by atomic mass is 32.2. The molecule has 1 amide bonds. The Labute approximate surface area is 179 Å². The van der Waals surface area contributed by atoms with E-state index in [1.807, 2.05) is 67.7 Å². The van der Waals surface area contributed by atoms with E-state index in [1.54, 1.807) is 0 Å². The predicted octanol–water partition coefficient (Wildman–Crippen LogP) is 5.08. The van der Waals surface area contributed by atoms with Gasteiger partial charge >= 0.3 is 0 Å². The Morgan fingerprint density at radius 3 is 2.63 bits per heavy atom. The van der Waals surface area contributed by atoms with E-state index < -0.39 is 0 Å². The molecule has 30 heavy (non-hydrogen) atoms. The summed E-state index contributed by atoms with van der Waals surface area (Å²) in [6.07, 6.45) is 0. The molecule has 1 N–H and O–H groups in total. The first-order valence-electron chi connectivity index (χ1n) is 9.69. The van der Waals surface area contributed by atoms with Crippen molar-refractivity contribution in [1.82, 2.24) is 10.2 Å². The van der Waals surface area contributed by atoms with Crippen molar-refractivity contribution in [2.75, 3.05) is 29.6 Å². The number of fused-ring (bicyclic) bond motifs is 1. The number of carbonyl (C=O) groups excluding carboxylic acids is 1. The molecule has 0 saturated carbocycles. The lowest BCUT2D eigenvalue weighted by Gasteiger charge is -2.20. The van der Waals surface area contributed by atoms with Gasteiger partial charge in [0.2, 0.25) is 11.8 Å². The van der Waals surface area contributed by atoms with Gasteiger partial charge in [0, 0.05) is 19.2 Å². The van der Waals surface area contributed by atoms with Gasteiger partial charge in [-0.3, -0.25) is 4.79 Å². The topological polar surface area (TPSA) is 71.3 Å². The van der Waals surface area contributed by atoms with Crippen LogP contribution >= 0.6 is 11.8 Å². The molecule has 3 aromatic carbocycles. The van der Waals surface area contributed by atoms with Gasteiger partial charge in [0.15, 0.2) is 0 Å². The van der Waals surface area contributed by atoms with Gasteiger partial charge in [-0.15, -0.1) is 10.2 Å². The Balaban J connectivity index is 1.40. The van der Waals surface area contributed by atoms with E-state index >= 15 is 0 Å². The molecule has 7 heteroatoms. The highest BCUT2D eigenvalue weighted by Gasteiger charge is 2.13. The maximum Gasteiger partial charge on any atom is 0.277 e. The zero-order valence-corrected chi connectivity index (χ0v) is 17.6. The van der Waals surface area contributed by atoms with Gasteiger partial charge in [0.25, 0.3) is 5.22 Å². The SMILES string of the molecule is CCN(C)c1ccccc1NC(=O)CSc1nnc(-c2ccc3ccccc3c2)o1. The molecule has 0 fully saturated rings. The molecule has 0 bridgehead atoms. The number of para-hydroxylation sites is 2. The molecule has 1 heterocycles. The fourth-order valence-corrected chi connectivity index (χ4v) is 3.67. The largest absolute Gasteiger partial charge is 0.411 e. The van der Waals surface area contributed by atoms with Gasteiger partial charge in [-0.05, 0) is 42.0 Å². The minimum absolute atomic E-state index is 0.123. The van der Waals surface area contributed by atoms with Crippen molar-refractivity contribution in [1.29, 1.82) is 0 Å². The number of nitrogens with zero attached hydrogens (tertiary/aromatic N) is 3. The smallest absolute Gasteiger partial charge is 0.277 e. The average Bonchev–Trinajstić information content (AvgIpc) is 3.26. The molecule has 0 aliphatic heterocycles. The van der Waals surface area contributed by atoms with E-state index in [0.717, 1.165) is 34.3 Å². The van der Waals surface area contributed by atoms with Crippen LogP contribution in [0.25, 0.3) is 22.2 Å². The van der Waals surface area contributed by atoms with Crippen molar-refractivity contribution in [3.05, 3.63) is 66.7 Å². The van der Waals surface area contributed by atoms with Crippen molar-refractivity contribution in [2.45, 2.75) is 12.1 Å². The van der Waals surface area contributed by atoms with Crippen molar-refractivity contribution >= 4 is 39.8 Å². The Morgan fingerprint density at radius 2 is 1.80 bits per heavy atom. The molecule has 0 unspecified atom stereocenters. The van der Waals surface area contributed by atoms with Gasteiger partial charge < -0.3 is 14.6 Å². The minimum atomic E-state index is -0.123. The molecule has 0 atom stereocenters. The summed E-state index contributed by atoms with van der Waals surface area (Å²) in [5, 5.41) is 13.8. The normalized spacial score (nSPS) is 10.9. The lowest BCUT2D eigenvalue weighted by Crippen LogP contribution is -2.20. The Hall–Kier alpha value is -3.32. The Kier molecular flexibility index (Phi) is 5.99. The number of hydrogen-bond acceptors (Lipinski definition) is 6. The third-order valence-electron chi connectivity index (χ3n) is 4.79. The molecule has 0 saturated heterocycles. The van der Waals surface area contributed by atoms with Crippen molar-refractivity contribution in [3.63, 3.8) is 0 Å². The van der Waals surface area contributed by atoms with E-state index in [0.29, 0.717) is 11.1 Å². The van der Waals surface area contributed by atoms with Crippen LogP contribution in [0.1, 0.15) is 6.92 Å². The van der Waals surface area contributed by atoms with E-state index in [9.17, 15) is 4.79 Å². The van der Waals surface area contributed by atoms with Crippen LogP contribution in [0.3, 0.4) is 0 Å². The summed E-state index contributed by atoms with van der Waals surface area (Å²) in [6.45, 7) is 2.92. The number of benzene rings is 3. The first-order chi connectivity index (χ1) is 14.6. The molecular formula is C23H22N4O2S. The van der Waals surface area contributed by atoms with E-state index in [4.69, 9.17) is 4.42 Å². The average molecular weight is 419 g/mol. The number of carbonyl (C=O) groups is 1. The van der Waals surface area contributed by atoms with Gasteiger partial charge in [-0.1, -0.05) is 54.2 Å². The maximum absolute atomic E-state index is 12.4. The molecule has 1 aromatic heterocycles. The highest BCUT2D eigenvalue weighted by Crippen LogP contribution is 2.27. The number of rotatable bonds is 7. The lowest BCUT2D eigenvalue weighted by atomic mass is 10.1. The number of hydrogen-bond donors (Lipinski definition) is 1. The van der Waals surface area contributed by atoms with E-state index in [-0.39, 0.29) is 11.7 Å². The summed E-state index contributed by atoms with van der Waals surface area (Å²) in [5.41, 5.74) is 2.62. The van der Waals surface area contributed by atoms with Crippen molar-refractivity contribution in [2.24, 2.45) is 0 Å². The second-order valence-corrected chi connectivity index (χ2v) is 7.73. The number of nitrogens with one attached hydrogen (secondary N) is 1. The van der Waals surface area contributed by atoms with Crippen LogP contribution in [-0.2, 0) is 4.79 Å². The van der Waals surface area contributed by atoms with Crippen molar-refractivity contribution in [3.8, 4) is 11.5 Å². The van der Waals surface area contributed by atoms with Crippen LogP contribution < -0.4 is 10.2 Å². The van der Waals surface area contributed by atoms with Crippen LogP contribution in [0.2, 0.25) is 0 Å². The maximum atomic E-state index is 12.4. The summed E-state index contributed by atoms with van der Waals surface area (Å²) in [7, 11) is 1.99. The van der Waals surface area contributed by atoms with Crippen LogP contribution in [0.15, 0.2) is 76.4 Å². The van der Waals surface area contributed by atoms with Crippen LogP contribution in [0.5, 0.6) is 0 Å². The van der Waals surface area contributed by atoms with Gasteiger partial charge in [-0.2, -0.15) is 0 Å². The monoisotopic (exact) mass is 418 g/mol. The molecule has 0 aliphatic rings. The first kappa shape index (κ1) is 20.0. The highest BCUT2D eigenvalue weighted by molar-refractivity contribution is 7.99. The standard InChI is InChI=1S/C23H22N4O2S/c1-3-27(2)20-11-7-6-10-19(20)24-21(28)15-30-23-26-25-22(29-23)18-13-12-16-8-4-5-9-17(16)14-18/h4-14H,3,15H2,1-2H3,(H,24,28). The summed E-state index contributed by atoms with van der Waals surface area (Å²) >= 11 is 1.22. The lowest BCUT2D eigenvalue weighted by molar-refractivity contribution is -0.113. The third-order valence-corrected chi connectivity index (χ3v) is 5.61. The predicted molar refractivity (Wildman–Crippen MR) is 122 cm³/mol. The number of anilines is 2. The molecular weight excluding hydrogens is 396 g/mol. The quantitative estimate of drug-likeness (QED) is 0.422. The summed E-state index contributed by atoms with van der Waals surface area (Å²) in [4.78, 5) is 14.5. The molecule has 6 nitrogen and oxygen atoms in total. The Morgan fingerprint density at radius 1 is 1.03 bits per heavy atom. The fraction of sp³-hybridized carbons (Fsp3) is 0.174. The summed E-state index contributed by atoms with van der Waals surface area (Å²) in [6, 6.07) is 21.9. The zero-order valence-electron chi connectivity index (χ0n) is 16.8. The van der Waals surface area contributed by atoms with Crippen LogP contribution in [0, 0.1) is 0 Å². The molecule has 4 rings (SSSR count). The number of aromatic nitrogens is 2. The second kappa shape index (κ2) is 9.00. The fourth-order valence-electron chi connectivity index (χ4n) is 3.10. The molecule has 4 aromatic rings. The van der Waals surface area contributed by atoms with Gasteiger partial charge in [-0.25, -0.2) is 0 Å². The number of thioether (sulfide) groups is 1. The van der Waals surface area contributed by atoms with Gasteiger partial charge in [0.05, 0.1) is 17.1 Å².